The van der Waals surface area contributed by atoms with Crippen LogP contribution in [-0.2, 0) is 24.2 Å². The number of imidazole rings is 1. The quantitative estimate of drug-likeness (QED) is 0.798. The van der Waals surface area contributed by atoms with Gasteiger partial charge in [-0.05, 0) is 6.92 Å². The Hall–Kier alpha value is -2.38. The molecule has 8 nitrogen and oxygen atoms in total. The zero-order valence-corrected chi connectivity index (χ0v) is 11.8. The Kier molecular flexibility index (Phi) is 4.02. The summed E-state index contributed by atoms with van der Waals surface area (Å²) in [7, 11) is 1.31. The molecule has 2 aromatic heterocycles. The lowest BCUT2D eigenvalue weighted by molar-refractivity contribution is 0.0595. The van der Waals surface area contributed by atoms with Crippen LogP contribution in [0.5, 0.6) is 0 Å². The number of rotatable bonds is 5. The van der Waals surface area contributed by atoms with Crippen molar-refractivity contribution in [3.8, 4) is 0 Å². The Morgan fingerprint density at radius 2 is 2.15 bits per heavy atom. The van der Waals surface area contributed by atoms with Crippen molar-refractivity contribution in [3.63, 3.8) is 0 Å². The Balaban J connectivity index is 2.40. The third kappa shape index (κ3) is 2.36. The molecule has 2 N–H and O–H groups in total. The van der Waals surface area contributed by atoms with Crippen LogP contribution in [0.2, 0.25) is 0 Å². The van der Waals surface area contributed by atoms with E-state index in [4.69, 9.17) is 5.73 Å². The highest BCUT2D eigenvalue weighted by Gasteiger charge is 2.21. The normalized spacial score (nSPS) is 10.8. The lowest BCUT2D eigenvalue weighted by atomic mass is 10.4. The van der Waals surface area contributed by atoms with Crippen molar-refractivity contribution in [2.24, 2.45) is 0 Å². The van der Waals surface area contributed by atoms with E-state index in [1.807, 2.05) is 18.4 Å². The predicted octanol–water partition coefficient (Wildman–Crippen LogP) is 0.474. The van der Waals surface area contributed by atoms with E-state index in [1.54, 1.807) is 10.9 Å². The summed E-state index contributed by atoms with van der Waals surface area (Å²) in [5.74, 6) is 1.24. The van der Waals surface area contributed by atoms with E-state index in [1.165, 1.54) is 7.11 Å². The highest BCUT2D eigenvalue weighted by atomic mass is 16.5. The van der Waals surface area contributed by atoms with E-state index in [0.717, 1.165) is 12.4 Å². The highest BCUT2D eigenvalue weighted by Crippen LogP contribution is 2.17. The molecular formula is C12H18N6O2. The molecule has 8 heteroatoms. The molecule has 0 aliphatic heterocycles. The zero-order chi connectivity index (χ0) is 14.7. The average molecular weight is 278 g/mol. The second kappa shape index (κ2) is 5.72. The van der Waals surface area contributed by atoms with E-state index in [2.05, 4.69) is 19.9 Å². The van der Waals surface area contributed by atoms with Crippen LogP contribution in [0.15, 0.2) is 6.33 Å². The second-order valence-electron chi connectivity index (χ2n) is 4.23. The van der Waals surface area contributed by atoms with E-state index in [9.17, 15) is 4.79 Å². The summed E-state index contributed by atoms with van der Waals surface area (Å²) in [4.78, 5) is 15.9. The van der Waals surface area contributed by atoms with Gasteiger partial charge in [0.05, 0.1) is 13.7 Å². The number of nitrogen functional groups attached to an aromatic ring is 1. The molecule has 0 aliphatic carbocycles. The van der Waals surface area contributed by atoms with Crippen LogP contribution in [0, 0.1) is 0 Å². The van der Waals surface area contributed by atoms with Crippen LogP contribution in [0.1, 0.15) is 36.0 Å². The van der Waals surface area contributed by atoms with Gasteiger partial charge in [0.1, 0.15) is 18.0 Å². The molecule has 0 aliphatic rings. The first kappa shape index (κ1) is 14.0. The van der Waals surface area contributed by atoms with Crippen molar-refractivity contribution in [1.82, 2.24) is 24.3 Å². The number of nitrogens with two attached hydrogens (primary N) is 1. The van der Waals surface area contributed by atoms with Crippen molar-refractivity contribution in [2.45, 2.75) is 33.4 Å². The van der Waals surface area contributed by atoms with Gasteiger partial charge in [-0.3, -0.25) is 0 Å². The average Bonchev–Trinajstić information content (AvgIpc) is 3.04. The molecule has 0 aromatic carbocycles. The van der Waals surface area contributed by atoms with E-state index in [0.29, 0.717) is 24.6 Å². The molecule has 2 aromatic rings. The monoisotopic (exact) mass is 278 g/mol. The lowest BCUT2D eigenvalue weighted by Crippen LogP contribution is -2.13. The van der Waals surface area contributed by atoms with Crippen LogP contribution < -0.4 is 5.73 Å². The van der Waals surface area contributed by atoms with E-state index < -0.39 is 5.97 Å². The number of aryl methyl sites for hydroxylation is 2. The third-order valence-corrected chi connectivity index (χ3v) is 3.12. The largest absolute Gasteiger partial charge is 0.464 e. The van der Waals surface area contributed by atoms with Crippen molar-refractivity contribution in [2.75, 3.05) is 12.8 Å². The van der Waals surface area contributed by atoms with Crippen LogP contribution in [-0.4, -0.2) is 37.4 Å². The number of aromatic nitrogens is 5. The van der Waals surface area contributed by atoms with Gasteiger partial charge >= 0.3 is 5.97 Å². The van der Waals surface area contributed by atoms with Crippen molar-refractivity contribution >= 4 is 11.8 Å². The summed E-state index contributed by atoms with van der Waals surface area (Å²) in [6.07, 6.45) is 2.32. The van der Waals surface area contributed by atoms with Gasteiger partial charge in [0.2, 0.25) is 0 Å². The summed E-state index contributed by atoms with van der Waals surface area (Å²) in [6, 6.07) is 0. The standard InChI is InChI=1S/C12H18N6O2/c1-4-8-15-10(12(19)20-3)11(13)18(8)6-9-16-14-7-17(9)5-2/h7H,4-6,13H2,1-3H3. The van der Waals surface area contributed by atoms with Crippen molar-refractivity contribution in [3.05, 3.63) is 23.7 Å². The summed E-state index contributed by atoms with van der Waals surface area (Å²) < 4.78 is 8.36. The molecule has 0 spiro atoms. The first-order valence-corrected chi connectivity index (χ1v) is 6.42. The second-order valence-corrected chi connectivity index (χ2v) is 4.23. The number of nitrogens with zero attached hydrogens (tertiary/aromatic N) is 5. The minimum absolute atomic E-state index is 0.145. The van der Waals surface area contributed by atoms with Gasteiger partial charge in [0.15, 0.2) is 11.5 Å². The molecular weight excluding hydrogens is 260 g/mol. The van der Waals surface area contributed by atoms with Crippen LogP contribution in [0.3, 0.4) is 0 Å². The summed E-state index contributed by atoms with van der Waals surface area (Å²) >= 11 is 0. The molecule has 0 saturated carbocycles. The predicted molar refractivity (Wildman–Crippen MR) is 72.2 cm³/mol. The number of anilines is 1. The van der Waals surface area contributed by atoms with Gasteiger partial charge in [-0.15, -0.1) is 10.2 Å². The molecule has 0 amide bonds. The molecule has 108 valence electrons. The number of hydrogen-bond acceptors (Lipinski definition) is 6. The summed E-state index contributed by atoms with van der Waals surface area (Å²) in [5.41, 5.74) is 6.15. The summed E-state index contributed by atoms with van der Waals surface area (Å²) in [5, 5.41) is 7.94. The maximum Gasteiger partial charge on any atom is 0.360 e. The fraction of sp³-hybridized carbons (Fsp3) is 0.500. The molecule has 20 heavy (non-hydrogen) atoms. The highest BCUT2D eigenvalue weighted by molar-refractivity contribution is 5.92. The number of hydrogen-bond donors (Lipinski definition) is 1. The maximum absolute atomic E-state index is 11.6. The Morgan fingerprint density at radius 1 is 1.40 bits per heavy atom. The first-order chi connectivity index (χ1) is 9.62. The van der Waals surface area contributed by atoms with Gasteiger partial charge in [0.25, 0.3) is 0 Å². The fourth-order valence-corrected chi connectivity index (χ4v) is 2.01. The van der Waals surface area contributed by atoms with Crippen molar-refractivity contribution in [1.29, 1.82) is 0 Å². The van der Waals surface area contributed by atoms with Gasteiger partial charge < -0.3 is 19.6 Å². The van der Waals surface area contributed by atoms with Crippen LogP contribution in [0.25, 0.3) is 0 Å². The van der Waals surface area contributed by atoms with Crippen LogP contribution in [0.4, 0.5) is 5.82 Å². The third-order valence-electron chi connectivity index (χ3n) is 3.12. The van der Waals surface area contributed by atoms with Gasteiger partial charge in [-0.2, -0.15) is 0 Å². The Bertz CT molecular complexity index is 615. The minimum Gasteiger partial charge on any atom is -0.464 e. The van der Waals surface area contributed by atoms with E-state index in [-0.39, 0.29) is 5.69 Å². The van der Waals surface area contributed by atoms with Crippen LogP contribution >= 0.6 is 0 Å². The Labute approximate surface area is 116 Å². The SMILES string of the molecule is CCc1nc(C(=O)OC)c(N)n1Cc1nncn1CC. The molecule has 0 atom stereocenters. The molecule has 0 saturated heterocycles. The molecule has 0 fully saturated rings. The molecule has 0 unspecified atom stereocenters. The molecule has 2 rings (SSSR count). The van der Waals surface area contributed by atoms with Gasteiger partial charge in [-0.25, -0.2) is 9.78 Å². The number of carbonyl (C=O) groups excluding carboxylic acids is 1. The number of methoxy groups -OCH3 is 1. The maximum atomic E-state index is 11.6. The first-order valence-electron chi connectivity index (χ1n) is 6.42. The van der Waals surface area contributed by atoms with Gasteiger partial charge in [-0.1, -0.05) is 6.92 Å². The van der Waals surface area contributed by atoms with Crippen molar-refractivity contribution < 1.29 is 9.53 Å². The van der Waals surface area contributed by atoms with Gasteiger partial charge in [0, 0.05) is 13.0 Å². The fourth-order valence-electron chi connectivity index (χ4n) is 2.01. The number of esters is 1. The molecule has 0 bridgehead atoms. The smallest absolute Gasteiger partial charge is 0.360 e. The molecule has 0 radical (unpaired) electrons. The number of ether oxygens (including phenoxy) is 1. The molecule has 2 heterocycles. The topological polar surface area (TPSA) is 101 Å². The lowest BCUT2D eigenvalue weighted by Gasteiger charge is -2.09. The Morgan fingerprint density at radius 3 is 2.75 bits per heavy atom. The van der Waals surface area contributed by atoms with E-state index >= 15 is 0 Å². The minimum atomic E-state index is -0.534. The number of carbonyl (C=O) groups is 1. The zero-order valence-electron chi connectivity index (χ0n) is 11.8. The summed E-state index contributed by atoms with van der Waals surface area (Å²) in [6.45, 7) is 5.14.